The molecular weight excluding hydrogens is 294 g/mol. The largest absolute Gasteiger partial charge is 0.444 e. The van der Waals surface area contributed by atoms with Crippen LogP contribution in [-0.2, 0) is 17.6 Å². The predicted molar refractivity (Wildman–Crippen MR) is 88.2 cm³/mol. The Labute approximate surface area is 137 Å². The highest BCUT2D eigenvalue weighted by molar-refractivity contribution is 5.67. The fourth-order valence-corrected chi connectivity index (χ4v) is 2.08. The molecule has 126 valence electrons. The molecule has 1 aromatic heterocycles. The molecule has 23 heavy (non-hydrogen) atoms. The molecule has 1 amide bonds. The quantitative estimate of drug-likeness (QED) is 0.781. The number of carbonyl (C=O) groups is 1. The smallest absolute Gasteiger partial charge is 0.407 e. The Bertz CT molecular complexity index is 587. The van der Waals surface area contributed by atoms with E-state index in [0.29, 0.717) is 24.5 Å². The third-order valence-corrected chi connectivity index (χ3v) is 3.04. The first-order chi connectivity index (χ1) is 10.8. The van der Waals surface area contributed by atoms with E-state index in [2.05, 4.69) is 26.9 Å². The number of aryl methyl sites for hydroxylation is 1. The van der Waals surface area contributed by atoms with E-state index in [9.17, 15) is 10.1 Å². The van der Waals surface area contributed by atoms with Crippen molar-refractivity contribution in [2.24, 2.45) is 0 Å². The van der Waals surface area contributed by atoms with Gasteiger partial charge in [-0.1, -0.05) is 13.8 Å². The number of anilines is 1. The lowest BCUT2D eigenvalue weighted by Gasteiger charge is -2.19. The van der Waals surface area contributed by atoms with Crippen molar-refractivity contribution in [2.45, 2.75) is 53.1 Å². The molecule has 1 rings (SSSR count). The van der Waals surface area contributed by atoms with Crippen molar-refractivity contribution < 1.29 is 9.53 Å². The minimum absolute atomic E-state index is 0.360. The molecule has 0 aliphatic rings. The van der Waals surface area contributed by atoms with Crippen molar-refractivity contribution in [3.63, 3.8) is 0 Å². The molecule has 0 unspecified atom stereocenters. The van der Waals surface area contributed by atoms with Crippen LogP contribution in [-0.4, -0.2) is 35.0 Å². The maximum atomic E-state index is 11.5. The molecule has 2 N–H and O–H groups in total. The van der Waals surface area contributed by atoms with Crippen molar-refractivity contribution in [1.29, 1.82) is 5.26 Å². The number of nitriles is 1. The SMILES string of the molecule is CCc1nnc(NCCNC(=O)OC(C)(C)C)c(C#N)c1CC. The summed E-state index contributed by atoms with van der Waals surface area (Å²) in [4.78, 5) is 11.5. The van der Waals surface area contributed by atoms with Gasteiger partial charge in [0.2, 0.25) is 0 Å². The average Bonchev–Trinajstić information content (AvgIpc) is 2.48. The summed E-state index contributed by atoms with van der Waals surface area (Å²) in [5, 5.41) is 23.3. The molecule has 7 nitrogen and oxygen atoms in total. The first-order valence-electron chi connectivity index (χ1n) is 7.81. The fourth-order valence-electron chi connectivity index (χ4n) is 2.08. The number of hydrogen-bond donors (Lipinski definition) is 2. The normalized spacial score (nSPS) is 10.8. The third-order valence-electron chi connectivity index (χ3n) is 3.04. The molecule has 7 heteroatoms. The molecule has 0 saturated heterocycles. The molecule has 1 heterocycles. The summed E-state index contributed by atoms with van der Waals surface area (Å²) < 4.78 is 5.14. The van der Waals surface area contributed by atoms with E-state index in [1.807, 2.05) is 13.8 Å². The van der Waals surface area contributed by atoms with Gasteiger partial charge >= 0.3 is 6.09 Å². The Morgan fingerprint density at radius 3 is 2.43 bits per heavy atom. The van der Waals surface area contributed by atoms with Gasteiger partial charge in [0.25, 0.3) is 0 Å². The van der Waals surface area contributed by atoms with E-state index >= 15 is 0 Å². The van der Waals surface area contributed by atoms with Gasteiger partial charge in [-0.3, -0.25) is 0 Å². The Balaban J connectivity index is 2.62. The van der Waals surface area contributed by atoms with Gasteiger partial charge in [0.15, 0.2) is 5.82 Å². The molecule has 0 saturated carbocycles. The summed E-state index contributed by atoms with van der Waals surface area (Å²) in [5.41, 5.74) is 1.77. The standard InChI is InChI=1S/C16H25N5O2/c1-6-11-12(10-17)14(21-20-13(11)7-2)18-8-9-19-15(22)23-16(3,4)5/h6-9H2,1-5H3,(H,18,21)(H,19,22). The van der Waals surface area contributed by atoms with Gasteiger partial charge in [-0.15, -0.1) is 5.10 Å². The van der Waals surface area contributed by atoms with Gasteiger partial charge in [0, 0.05) is 13.1 Å². The lowest BCUT2D eigenvalue weighted by atomic mass is 10.0. The molecule has 0 spiro atoms. The number of nitrogens with zero attached hydrogens (tertiary/aromatic N) is 3. The van der Waals surface area contributed by atoms with Crippen LogP contribution in [0.5, 0.6) is 0 Å². The Morgan fingerprint density at radius 2 is 1.91 bits per heavy atom. The number of ether oxygens (including phenoxy) is 1. The van der Waals surface area contributed by atoms with Gasteiger partial charge in [0.05, 0.1) is 5.69 Å². The van der Waals surface area contributed by atoms with Crippen molar-refractivity contribution in [3.05, 3.63) is 16.8 Å². The van der Waals surface area contributed by atoms with Crippen LogP contribution in [0.1, 0.15) is 51.4 Å². The second-order valence-corrected chi connectivity index (χ2v) is 6.02. The van der Waals surface area contributed by atoms with E-state index in [1.54, 1.807) is 20.8 Å². The van der Waals surface area contributed by atoms with Crippen LogP contribution in [0.25, 0.3) is 0 Å². The highest BCUT2D eigenvalue weighted by atomic mass is 16.6. The number of rotatable bonds is 6. The van der Waals surface area contributed by atoms with Crippen LogP contribution in [0.3, 0.4) is 0 Å². The van der Waals surface area contributed by atoms with Crippen LogP contribution in [0.4, 0.5) is 10.6 Å². The number of hydrogen-bond acceptors (Lipinski definition) is 6. The molecular formula is C16H25N5O2. The van der Waals surface area contributed by atoms with Crippen LogP contribution < -0.4 is 10.6 Å². The summed E-state index contributed by atoms with van der Waals surface area (Å²) in [6, 6.07) is 2.19. The Kier molecular flexibility index (Phi) is 6.76. The topological polar surface area (TPSA) is 99.9 Å². The van der Waals surface area contributed by atoms with E-state index < -0.39 is 11.7 Å². The predicted octanol–water partition coefficient (Wildman–Crippen LogP) is 2.41. The van der Waals surface area contributed by atoms with Crippen LogP contribution >= 0.6 is 0 Å². The second-order valence-electron chi connectivity index (χ2n) is 6.02. The molecule has 0 fully saturated rings. The Morgan fingerprint density at radius 1 is 1.22 bits per heavy atom. The van der Waals surface area contributed by atoms with Gasteiger partial charge in [-0.05, 0) is 39.2 Å². The number of carbonyl (C=O) groups excluding carboxylic acids is 1. The highest BCUT2D eigenvalue weighted by Gasteiger charge is 2.16. The van der Waals surface area contributed by atoms with Gasteiger partial charge in [0.1, 0.15) is 17.2 Å². The lowest BCUT2D eigenvalue weighted by Crippen LogP contribution is -2.35. The number of aromatic nitrogens is 2. The maximum Gasteiger partial charge on any atom is 0.407 e. The van der Waals surface area contributed by atoms with E-state index in [4.69, 9.17) is 4.74 Å². The highest BCUT2D eigenvalue weighted by Crippen LogP contribution is 2.19. The molecule has 0 bridgehead atoms. The Hall–Kier alpha value is -2.36. The maximum absolute atomic E-state index is 11.5. The first-order valence-corrected chi connectivity index (χ1v) is 7.81. The van der Waals surface area contributed by atoms with E-state index in [1.165, 1.54) is 0 Å². The summed E-state index contributed by atoms with van der Waals surface area (Å²) in [7, 11) is 0. The number of alkyl carbamates (subject to hydrolysis) is 1. The minimum Gasteiger partial charge on any atom is -0.444 e. The lowest BCUT2D eigenvalue weighted by molar-refractivity contribution is 0.0530. The first kappa shape index (κ1) is 18.7. The van der Waals surface area contributed by atoms with Crippen molar-refractivity contribution >= 4 is 11.9 Å². The molecule has 0 atom stereocenters. The zero-order valence-corrected chi connectivity index (χ0v) is 14.5. The summed E-state index contributed by atoms with van der Waals surface area (Å²) in [5.74, 6) is 0.451. The summed E-state index contributed by atoms with van der Waals surface area (Å²) in [6.07, 6.45) is 0.999. The van der Waals surface area contributed by atoms with Gasteiger partial charge < -0.3 is 15.4 Å². The molecule has 0 aromatic carbocycles. The van der Waals surface area contributed by atoms with Crippen LogP contribution in [0, 0.1) is 11.3 Å². The van der Waals surface area contributed by atoms with Crippen LogP contribution in [0.15, 0.2) is 0 Å². The molecule has 0 radical (unpaired) electrons. The zero-order chi connectivity index (χ0) is 17.5. The van der Waals surface area contributed by atoms with Crippen molar-refractivity contribution in [1.82, 2.24) is 15.5 Å². The molecule has 0 aliphatic carbocycles. The second kappa shape index (κ2) is 8.32. The monoisotopic (exact) mass is 319 g/mol. The molecule has 1 aromatic rings. The zero-order valence-electron chi connectivity index (χ0n) is 14.5. The number of nitrogens with one attached hydrogen (secondary N) is 2. The van der Waals surface area contributed by atoms with Gasteiger partial charge in [-0.2, -0.15) is 10.4 Å². The molecule has 0 aliphatic heterocycles. The van der Waals surface area contributed by atoms with Crippen molar-refractivity contribution in [2.75, 3.05) is 18.4 Å². The average molecular weight is 319 g/mol. The fraction of sp³-hybridized carbons (Fsp3) is 0.625. The number of amides is 1. The summed E-state index contributed by atoms with van der Waals surface area (Å²) in [6.45, 7) is 10.2. The van der Waals surface area contributed by atoms with E-state index in [-0.39, 0.29) is 0 Å². The van der Waals surface area contributed by atoms with Gasteiger partial charge in [-0.25, -0.2) is 4.79 Å². The van der Waals surface area contributed by atoms with E-state index in [0.717, 1.165) is 24.1 Å². The van der Waals surface area contributed by atoms with Crippen molar-refractivity contribution in [3.8, 4) is 6.07 Å². The summed E-state index contributed by atoms with van der Waals surface area (Å²) >= 11 is 0. The van der Waals surface area contributed by atoms with Crippen LogP contribution in [0.2, 0.25) is 0 Å². The minimum atomic E-state index is -0.525. The third kappa shape index (κ3) is 5.74.